The molecule has 0 unspecified atom stereocenters. The molecule has 0 atom stereocenters. The van der Waals surface area contributed by atoms with Crippen molar-refractivity contribution >= 4 is 23.0 Å². The van der Waals surface area contributed by atoms with Gasteiger partial charge in [-0.05, 0) is 24.6 Å². The summed E-state index contributed by atoms with van der Waals surface area (Å²) < 4.78 is 0. The van der Waals surface area contributed by atoms with Crippen LogP contribution in [0.25, 0.3) is 5.57 Å². The Morgan fingerprint density at radius 3 is 2.71 bits per heavy atom. The van der Waals surface area contributed by atoms with Crippen molar-refractivity contribution < 1.29 is 4.79 Å². The van der Waals surface area contributed by atoms with Crippen LogP contribution in [0, 0.1) is 0 Å². The maximum Gasteiger partial charge on any atom is 0.160 e. The number of hydrogen-bond acceptors (Lipinski definition) is 1. The molecule has 0 bridgehead atoms. The molecule has 0 amide bonds. The zero-order valence-electron chi connectivity index (χ0n) is 7.96. The van der Waals surface area contributed by atoms with Gasteiger partial charge < -0.3 is 0 Å². The zero-order chi connectivity index (χ0) is 10.6. The molecule has 0 N–H and O–H groups in total. The lowest BCUT2D eigenvalue weighted by Gasteiger charge is -2.02. The molecule has 72 valence electrons. The first kappa shape index (κ1) is 10.7. The Labute approximate surface area is 88.7 Å². The Bertz CT molecular complexity index is 391. The van der Waals surface area contributed by atoms with Crippen molar-refractivity contribution in [1.82, 2.24) is 0 Å². The number of allylic oxidation sites excluding steroid dienone is 3. The highest BCUT2D eigenvalue weighted by atomic mass is 35.5. The summed E-state index contributed by atoms with van der Waals surface area (Å²) in [7, 11) is 0. The molecule has 14 heavy (non-hydrogen) atoms. The molecule has 0 heterocycles. The molecule has 0 radical (unpaired) electrons. The first-order valence-corrected chi connectivity index (χ1v) is 4.62. The number of benzene rings is 1. The van der Waals surface area contributed by atoms with Crippen LogP contribution in [0.4, 0.5) is 0 Å². The lowest BCUT2D eigenvalue weighted by atomic mass is 10.0. The van der Waals surface area contributed by atoms with E-state index in [2.05, 4.69) is 6.58 Å². The topological polar surface area (TPSA) is 17.1 Å². The van der Waals surface area contributed by atoms with E-state index in [1.165, 1.54) is 6.92 Å². The van der Waals surface area contributed by atoms with Gasteiger partial charge in [0.15, 0.2) is 5.78 Å². The van der Waals surface area contributed by atoms with E-state index in [1.54, 1.807) is 24.3 Å². The third-order valence-corrected chi connectivity index (χ3v) is 2.03. The fourth-order valence-electron chi connectivity index (χ4n) is 1.19. The second-order valence-electron chi connectivity index (χ2n) is 2.88. The number of carbonyl (C=O) groups excluding carboxylic acids is 1. The lowest BCUT2D eigenvalue weighted by molar-refractivity contribution is -0.111. The Morgan fingerprint density at radius 2 is 2.21 bits per heavy atom. The highest BCUT2D eigenvalue weighted by Crippen LogP contribution is 2.19. The van der Waals surface area contributed by atoms with E-state index in [-0.39, 0.29) is 5.78 Å². The van der Waals surface area contributed by atoms with Crippen LogP contribution in [0.3, 0.4) is 0 Å². The summed E-state index contributed by atoms with van der Waals surface area (Å²) in [6.07, 6.45) is 3.28. The van der Waals surface area contributed by atoms with Gasteiger partial charge in [-0.2, -0.15) is 0 Å². The van der Waals surface area contributed by atoms with Crippen molar-refractivity contribution in [3.63, 3.8) is 0 Å². The van der Waals surface area contributed by atoms with Gasteiger partial charge in [-0.3, -0.25) is 4.79 Å². The molecule has 2 heteroatoms. The predicted octanol–water partition coefficient (Wildman–Crippen LogP) is 3.50. The third-order valence-electron chi connectivity index (χ3n) is 1.80. The van der Waals surface area contributed by atoms with Crippen LogP contribution >= 0.6 is 11.6 Å². The summed E-state index contributed by atoms with van der Waals surface area (Å²) in [5.74, 6) is 0.00664. The smallest absolute Gasteiger partial charge is 0.160 e. The first-order valence-electron chi connectivity index (χ1n) is 4.24. The van der Waals surface area contributed by atoms with Crippen molar-refractivity contribution in [2.24, 2.45) is 0 Å². The second kappa shape index (κ2) is 4.77. The highest BCUT2D eigenvalue weighted by Gasteiger charge is 2.05. The van der Waals surface area contributed by atoms with E-state index in [0.29, 0.717) is 10.6 Å². The van der Waals surface area contributed by atoms with Gasteiger partial charge in [-0.15, -0.1) is 0 Å². The van der Waals surface area contributed by atoms with Gasteiger partial charge in [0, 0.05) is 10.6 Å². The van der Waals surface area contributed by atoms with Gasteiger partial charge >= 0.3 is 0 Å². The maximum absolute atomic E-state index is 11.3. The largest absolute Gasteiger partial charge is 0.294 e. The van der Waals surface area contributed by atoms with Gasteiger partial charge in [0.1, 0.15) is 0 Å². The molecule has 1 aromatic carbocycles. The Morgan fingerprint density at radius 1 is 1.50 bits per heavy atom. The quantitative estimate of drug-likeness (QED) is 0.547. The van der Waals surface area contributed by atoms with E-state index in [1.807, 2.05) is 12.1 Å². The summed E-state index contributed by atoms with van der Waals surface area (Å²) in [5.41, 5.74) is 1.45. The van der Waals surface area contributed by atoms with Crippen LogP contribution in [0.2, 0.25) is 5.02 Å². The van der Waals surface area contributed by atoms with Crippen LogP contribution in [0.1, 0.15) is 12.5 Å². The minimum atomic E-state index is 0.00664. The monoisotopic (exact) mass is 206 g/mol. The number of rotatable bonds is 3. The molecule has 0 spiro atoms. The molecule has 0 aliphatic heterocycles. The summed E-state index contributed by atoms with van der Waals surface area (Å²) >= 11 is 5.83. The molecule has 0 aliphatic carbocycles. The van der Waals surface area contributed by atoms with Crippen molar-refractivity contribution in [3.05, 3.63) is 53.6 Å². The average Bonchev–Trinajstić information content (AvgIpc) is 2.13. The minimum absolute atomic E-state index is 0.00664. The number of Topliss-reactive ketones (excluding diaryl/α,β-unsaturated/α-hetero) is 1. The Kier molecular flexibility index (Phi) is 3.66. The summed E-state index contributed by atoms with van der Waals surface area (Å²) in [5, 5.41) is 0.624. The molecule has 0 aromatic heterocycles. The average molecular weight is 207 g/mol. The number of halogens is 1. The molecule has 1 aromatic rings. The van der Waals surface area contributed by atoms with Gasteiger partial charge in [0.05, 0.1) is 0 Å². The summed E-state index contributed by atoms with van der Waals surface area (Å²) in [6, 6.07) is 7.20. The molecule has 0 saturated carbocycles. The second-order valence-corrected chi connectivity index (χ2v) is 3.32. The Balaban J connectivity index is 3.18. The lowest BCUT2D eigenvalue weighted by Crippen LogP contribution is -1.95. The Hall–Kier alpha value is -1.34. The van der Waals surface area contributed by atoms with Crippen molar-refractivity contribution in [2.75, 3.05) is 0 Å². The van der Waals surface area contributed by atoms with Crippen molar-refractivity contribution in [3.8, 4) is 0 Å². The van der Waals surface area contributed by atoms with Gasteiger partial charge in [0.25, 0.3) is 0 Å². The molecule has 1 nitrogen and oxygen atoms in total. The number of hydrogen-bond donors (Lipinski definition) is 0. The van der Waals surface area contributed by atoms with E-state index < -0.39 is 0 Å². The normalized spacial score (nSPS) is 11.1. The molecule has 0 aliphatic rings. The fraction of sp³-hybridized carbons (Fsp3) is 0.0833. The van der Waals surface area contributed by atoms with Crippen LogP contribution < -0.4 is 0 Å². The molecule has 0 fully saturated rings. The van der Waals surface area contributed by atoms with Crippen LogP contribution in [0.5, 0.6) is 0 Å². The van der Waals surface area contributed by atoms with Gasteiger partial charge in [-0.25, -0.2) is 0 Å². The predicted molar refractivity (Wildman–Crippen MR) is 60.3 cm³/mol. The van der Waals surface area contributed by atoms with Crippen LogP contribution in [-0.2, 0) is 4.79 Å². The van der Waals surface area contributed by atoms with Crippen molar-refractivity contribution in [1.29, 1.82) is 0 Å². The van der Waals surface area contributed by atoms with Gasteiger partial charge in [-0.1, -0.05) is 42.5 Å². The van der Waals surface area contributed by atoms with Crippen LogP contribution in [0.15, 0.2) is 43.0 Å². The SMILES string of the molecule is C=C/C=C(/C(C)=O)c1cccc(Cl)c1. The zero-order valence-corrected chi connectivity index (χ0v) is 8.71. The standard InChI is InChI=1S/C12H11ClO/c1-3-5-12(9(2)14)10-6-4-7-11(13)8-10/h3-8H,1H2,2H3/b12-5-. The van der Waals surface area contributed by atoms with E-state index >= 15 is 0 Å². The summed E-state index contributed by atoms with van der Waals surface area (Å²) in [4.78, 5) is 11.3. The summed E-state index contributed by atoms with van der Waals surface area (Å²) in [6.45, 7) is 5.09. The third kappa shape index (κ3) is 2.57. The van der Waals surface area contributed by atoms with Crippen LogP contribution in [-0.4, -0.2) is 5.78 Å². The molecular formula is C12H11ClO. The minimum Gasteiger partial charge on any atom is -0.294 e. The fourth-order valence-corrected chi connectivity index (χ4v) is 1.38. The first-order chi connectivity index (χ1) is 6.65. The molecule has 1 rings (SSSR count). The van der Waals surface area contributed by atoms with E-state index in [9.17, 15) is 4.79 Å². The van der Waals surface area contributed by atoms with Crippen molar-refractivity contribution in [2.45, 2.75) is 6.92 Å². The maximum atomic E-state index is 11.3. The molecule has 0 saturated heterocycles. The van der Waals surface area contributed by atoms with E-state index in [0.717, 1.165) is 5.56 Å². The number of carbonyl (C=O) groups is 1. The van der Waals surface area contributed by atoms with Gasteiger partial charge in [0.2, 0.25) is 0 Å². The number of ketones is 1. The van der Waals surface area contributed by atoms with E-state index in [4.69, 9.17) is 11.6 Å². The molecular weight excluding hydrogens is 196 g/mol. The highest BCUT2D eigenvalue weighted by molar-refractivity contribution is 6.31.